The first-order valence-corrected chi connectivity index (χ1v) is 6.12. The lowest BCUT2D eigenvalue weighted by Crippen LogP contribution is -2.46. The van der Waals surface area contributed by atoms with E-state index in [1.54, 1.807) is 6.92 Å². The highest BCUT2D eigenvalue weighted by molar-refractivity contribution is 5.80. The number of hydrogen-bond donors (Lipinski definition) is 2. The van der Waals surface area contributed by atoms with E-state index >= 15 is 0 Å². The van der Waals surface area contributed by atoms with Crippen molar-refractivity contribution in [3.8, 4) is 0 Å². The molecule has 0 bridgehead atoms. The summed E-state index contributed by atoms with van der Waals surface area (Å²) in [5.41, 5.74) is 1.05. The lowest BCUT2D eigenvalue weighted by molar-refractivity contribution is -0.144. The van der Waals surface area contributed by atoms with Gasteiger partial charge in [-0.25, -0.2) is 4.79 Å². The molecule has 0 aliphatic carbocycles. The van der Waals surface area contributed by atoms with Crippen molar-refractivity contribution in [2.45, 2.75) is 39.2 Å². The molecule has 0 aliphatic rings. The molecule has 1 aromatic carbocycles. The van der Waals surface area contributed by atoms with E-state index in [4.69, 9.17) is 0 Å². The predicted octanol–water partition coefficient (Wildman–Crippen LogP) is 2.55. The van der Waals surface area contributed by atoms with Gasteiger partial charge in [0.05, 0.1) is 0 Å². The topological polar surface area (TPSA) is 49.3 Å². The number of aliphatic carboxylic acids is 1. The van der Waals surface area contributed by atoms with E-state index in [0.29, 0.717) is 6.54 Å². The van der Waals surface area contributed by atoms with E-state index in [9.17, 15) is 9.90 Å². The zero-order valence-corrected chi connectivity index (χ0v) is 10.8. The van der Waals surface area contributed by atoms with E-state index in [2.05, 4.69) is 12.2 Å². The summed E-state index contributed by atoms with van der Waals surface area (Å²) < 4.78 is 0. The molecule has 0 radical (unpaired) electrons. The van der Waals surface area contributed by atoms with E-state index in [0.717, 1.165) is 18.4 Å². The Morgan fingerprint density at radius 3 is 2.29 bits per heavy atom. The number of carboxylic acids is 1. The molecule has 0 amide bonds. The second-order valence-electron chi connectivity index (χ2n) is 4.41. The summed E-state index contributed by atoms with van der Waals surface area (Å²) in [4.78, 5) is 11.4. The summed E-state index contributed by atoms with van der Waals surface area (Å²) in [5.74, 6) is -0.845. The molecule has 3 heteroatoms. The minimum absolute atomic E-state index is 0.625. The number of rotatable bonds is 6. The van der Waals surface area contributed by atoms with Gasteiger partial charge in [0.1, 0.15) is 5.54 Å². The maximum Gasteiger partial charge on any atom is 0.328 e. The van der Waals surface area contributed by atoms with Crippen molar-refractivity contribution in [2.24, 2.45) is 0 Å². The van der Waals surface area contributed by atoms with Gasteiger partial charge in [-0.2, -0.15) is 0 Å². The quantitative estimate of drug-likeness (QED) is 0.796. The van der Waals surface area contributed by atoms with Crippen LogP contribution < -0.4 is 5.32 Å². The Morgan fingerprint density at radius 1 is 1.29 bits per heavy atom. The fraction of sp³-hybridized carbons (Fsp3) is 0.500. The lowest BCUT2D eigenvalue weighted by atomic mass is 9.91. The van der Waals surface area contributed by atoms with Crippen LogP contribution in [0.4, 0.5) is 0 Å². The highest BCUT2D eigenvalue weighted by Crippen LogP contribution is 2.21. The number of carboxylic acid groups (broad SMARTS) is 1. The molecule has 0 saturated heterocycles. The van der Waals surface area contributed by atoms with Gasteiger partial charge in [0, 0.05) is 0 Å². The average Bonchev–Trinajstić information content (AvgIpc) is 2.30. The van der Waals surface area contributed by atoms with Crippen molar-refractivity contribution in [1.82, 2.24) is 5.32 Å². The Labute approximate surface area is 103 Å². The number of aryl methyl sites for hydroxylation is 1. The molecule has 0 saturated carbocycles. The first-order chi connectivity index (χ1) is 8.04. The van der Waals surface area contributed by atoms with E-state index in [-0.39, 0.29) is 0 Å². The molecule has 3 nitrogen and oxygen atoms in total. The van der Waals surface area contributed by atoms with Crippen molar-refractivity contribution in [1.29, 1.82) is 0 Å². The van der Waals surface area contributed by atoms with Gasteiger partial charge in [0.25, 0.3) is 0 Å². The summed E-state index contributed by atoms with van der Waals surface area (Å²) in [7, 11) is 0. The number of nitrogens with one attached hydrogen (secondary N) is 1. The third kappa shape index (κ3) is 3.07. The van der Waals surface area contributed by atoms with E-state index < -0.39 is 11.5 Å². The van der Waals surface area contributed by atoms with Crippen molar-refractivity contribution in [3.05, 3.63) is 35.4 Å². The van der Waals surface area contributed by atoms with Crippen molar-refractivity contribution in [3.63, 3.8) is 0 Å². The van der Waals surface area contributed by atoms with Gasteiger partial charge in [-0.15, -0.1) is 0 Å². The molecule has 94 valence electrons. The molecular weight excluding hydrogens is 214 g/mol. The maximum atomic E-state index is 11.4. The molecule has 1 unspecified atom stereocenters. The molecule has 1 atom stereocenters. The number of likely N-dealkylation sites (N-methyl/N-ethyl adjacent to an activating group) is 1. The second-order valence-corrected chi connectivity index (χ2v) is 4.41. The summed E-state index contributed by atoms with van der Waals surface area (Å²) in [5, 5.41) is 12.4. The largest absolute Gasteiger partial charge is 0.480 e. The lowest BCUT2D eigenvalue weighted by Gasteiger charge is -2.26. The Bertz CT molecular complexity index is 372. The SMILES string of the molecule is CCCc1ccc(C(C)(NCC)C(=O)O)cc1. The molecule has 1 aromatic rings. The highest BCUT2D eigenvalue weighted by Gasteiger charge is 2.33. The smallest absolute Gasteiger partial charge is 0.328 e. The van der Waals surface area contributed by atoms with Crippen LogP contribution in [0.15, 0.2) is 24.3 Å². The van der Waals surface area contributed by atoms with Crippen LogP contribution in [0.3, 0.4) is 0 Å². The van der Waals surface area contributed by atoms with Crippen LogP contribution in [0.2, 0.25) is 0 Å². The average molecular weight is 235 g/mol. The van der Waals surface area contributed by atoms with E-state index in [1.807, 2.05) is 31.2 Å². The molecule has 1 rings (SSSR count). The summed E-state index contributed by atoms with van der Waals surface area (Å²) >= 11 is 0. The van der Waals surface area contributed by atoms with Gasteiger partial charge in [-0.3, -0.25) is 5.32 Å². The van der Waals surface area contributed by atoms with E-state index in [1.165, 1.54) is 5.56 Å². The Morgan fingerprint density at radius 2 is 1.88 bits per heavy atom. The minimum atomic E-state index is -1.00. The van der Waals surface area contributed by atoms with Gasteiger partial charge in [0.15, 0.2) is 0 Å². The van der Waals surface area contributed by atoms with Gasteiger partial charge >= 0.3 is 5.97 Å². The second kappa shape index (κ2) is 5.82. The Hall–Kier alpha value is -1.35. The van der Waals surface area contributed by atoms with Crippen LogP contribution in [0.5, 0.6) is 0 Å². The zero-order chi connectivity index (χ0) is 12.9. The number of hydrogen-bond acceptors (Lipinski definition) is 2. The Balaban J connectivity index is 2.99. The van der Waals surface area contributed by atoms with Crippen LogP contribution >= 0.6 is 0 Å². The minimum Gasteiger partial charge on any atom is -0.480 e. The monoisotopic (exact) mass is 235 g/mol. The van der Waals surface area contributed by atoms with Crippen LogP contribution in [0, 0.1) is 0 Å². The van der Waals surface area contributed by atoms with Crippen LogP contribution in [0.25, 0.3) is 0 Å². The molecule has 0 aromatic heterocycles. The number of benzene rings is 1. The van der Waals surface area contributed by atoms with Crippen LogP contribution in [-0.2, 0) is 16.8 Å². The summed E-state index contributed by atoms with van der Waals surface area (Å²) in [6.07, 6.45) is 2.13. The van der Waals surface area contributed by atoms with Gasteiger partial charge in [-0.1, -0.05) is 44.5 Å². The van der Waals surface area contributed by atoms with Gasteiger partial charge < -0.3 is 5.11 Å². The van der Waals surface area contributed by atoms with Crippen molar-refractivity contribution >= 4 is 5.97 Å². The van der Waals surface area contributed by atoms with Crippen molar-refractivity contribution < 1.29 is 9.90 Å². The molecule has 0 fully saturated rings. The van der Waals surface area contributed by atoms with Crippen molar-refractivity contribution in [2.75, 3.05) is 6.54 Å². The predicted molar refractivity (Wildman–Crippen MR) is 69.1 cm³/mol. The third-order valence-corrected chi connectivity index (χ3v) is 3.03. The van der Waals surface area contributed by atoms with Gasteiger partial charge in [0.2, 0.25) is 0 Å². The van der Waals surface area contributed by atoms with Crippen LogP contribution in [0.1, 0.15) is 38.3 Å². The molecule has 17 heavy (non-hydrogen) atoms. The molecule has 0 spiro atoms. The van der Waals surface area contributed by atoms with Gasteiger partial charge in [-0.05, 0) is 31.0 Å². The molecule has 2 N–H and O–H groups in total. The maximum absolute atomic E-state index is 11.4. The fourth-order valence-corrected chi connectivity index (χ4v) is 1.95. The fourth-order valence-electron chi connectivity index (χ4n) is 1.95. The number of carbonyl (C=O) groups is 1. The summed E-state index contributed by atoms with van der Waals surface area (Å²) in [6, 6.07) is 7.83. The highest BCUT2D eigenvalue weighted by atomic mass is 16.4. The Kier molecular flexibility index (Phi) is 4.70. The molecule has 0 heterocycles. The van der Waals surface area contributed by atoms with Crippen LogP contribution in [-0.4, -0.2) is 17.6 Å². The molecule has 0 aliphatic heterocycles. The third-order valence-electron chi connectivity index (χ3n) is 3.03. The first-order valence-electron chi connectivity index (χ1n) is 6.12. The normalized spacial score (nSPS) is 14.3. The zero-order valence-electron chi connectivity index (χ0n) is 10.8. The standard InChI is InChI=1S/C14H21NO2/c1-4-6-11-7-9-12(10-8-11)14(3,13(16)17)15-5-2/h7-10,15H,4-6H2,1-3H3,(H,16,17). The molecular formula is C14H21NO2. The first kappa shape index (κ1) is 13.7. The summed E-state index contributed by atoms with van der Waals surface area (Å²) in [6.45, 7) is 6.37.